The third-order valence-electron chi connectivity index (χ3n) is 3.37. The second kappa shape index (κ2) is 10.2. The van der Waals surface area contributed by atoms with Gasteiger partial charge in [-0.25, -0.2) is 17.9 Å². The minimum Gasteiger partial charge on any atom is -0.318 e. The average molecular weight is 421 g/mol. The number of oxime groups is 1. The molecule has 7 nitrogen and oxygen atoms in total. The van der Waals surface area contributed by atoms with Crippen molar-refractivity contribution in [1.29, 1.82) is 0 Å². The third kappa shape index (κ3) is 7.63. The first kappa shape index (κ1) is 21.8. The van der Waals surface area contributed by atoms with Crippen LogP contribution in [0.5, 0.6) is 0 Å². The van der Waals surface area contributed by atoms with E-state index < -0.39 is 21.8 Å². The van der Waals surface area contributed by atoms with E-state index in [1.165, 1.54) is 0 Å². The molecule has 2 aromatic rings. The van der Waals surface area contributed by atoms with E-state index in [1.807, 2.05) is 42.5 Å². The van der Waals surface area contributed by atoms with Gasteiger partial charge in [0.15, 0.2) is 0 Å². The van der Waals surface area contributed by atoms with Crippen LogP contribution in [0.1, 0.15) is 23.7 Å². The molecule has 0 aliphatic carbocycles. The molecule has 0 radical (unpaired) electrons. The predicted octanol–water partition coefficient (Wildman–Crippen LogP) is 2.88. The van der Waals surface area contributed by atoms with Gasteiger partial charge in [-0.05, 0) is 36.4 Å². The molecule has 2 rings (SSSR count). The van der Waals surface area contributed by atoms with Crippen LogP contribution in [0.2, 0.25) is 0 Å². The Morgan fingerprint density at radius 3 is 2.21 bits per heavy atom. The van der Waals surface area contributed by atoms with E-state index in [0.717, 1.165) is 23.0 Å². The molecule has 0 saturated heterocycles. The Hall–Kier alpha value is -2.49. The zero-order valence-corrected chi connectivity index (χ0v) is 17.0. The summed E-state index contributed by atoms with van der Waals surface area (Å²) in [5.41, 5.74) is 0.317. The van der Waals surface area contributed by atoms with Gasteiger partial charge >= 0.3 is 5.97 Å². The highest BCUT2D eigenvalue weighted by molar-refractivity contribution is 7.99. The zero-order valence-electron chi connectivity index (χ0n) is 15.4. The van der Waals surface area contributed by atoms with E-state index in [-0.39, 0.29) is 18.7 Å². The van der Waals surface area contributed by atoms with E-state index in [9.17, 15) is 18.0 Å². The lowest BCUT2D eigenvalue weighted by molar-refractivity contribution is -0.140. The van der Waals surface area contributed by atoms with Crippen LogP contribution < -0.4 is 4.72 Å². The van der Waals surface area contributed by atoms with Crippen molar-refractivity contribution in [1.82, 2.24) is 4.72 Å². The molecule has 1 N–H and O–H groups in total. The number of nitrogens with one attached hydrogen (secondary N) is 1. The number of benzene rings is 2. The van der Waals surface area contributed by atoms with Gasteiger partial charge in [-0.1, -0.05) is 35.1 Å². The van der Waals surface area contributed by atoms with E-state index in [2.05, 4.69) is 14.7 Å². The topological polar surface area (TPSA) is 102 Å². The molecule has 0 aromatic heterocycles. The molecule has 0 unspecified atom stereocenters. The van der Waals surface area contributed by atoms with Gasteiger partial charge in [-0.2, -0.15) is 0 Å². The Morgan fingerprint density at radius 2 is 1.64 bits per heavy atom. The van der Waals surface area contributed by atoms with Gasteiger partial charge in [-0.3, -0.25) is 4.79 Å². The fourth-order valence-corrected chi connectivity index (χ4v) is 3.45. The summed E-state index contributed by atoms with van der Waals surface area (Å²) >= 11 is 1.56. The SMILES string of the molecule is CC(=O)O/N=C(\CCNS(C)(=O)=O)C(=O)c1ccc(Sc2ccccc2)cc1. The van der Waals surface area contributed by atoms with Crippen molar-refractivity contribution in [3.8, 4) is 0 Å². The molecular weight excluding hydrogens is 400 g/mol. The summed E-state index contributed by atoms with van der Waals surface area (Å²) in [6, 6.07) is 16.7. The molecule has 0 heterocycles. The summed E-state index contributed by atoms with van der Waals surface area (Å²) in [5.74, 6) is -1.11. The predicted molar refractivity (Wildman–Crippen MR) is 108 cm³/mol. The lowest BCUT2D eigenvalue weighted by Crippen LogP contribution is -2.27. The Balaban J connectivity index is 2.11. The van der Waals surface area contributed by atoms with Crippen molar-refractivity contribution in [2.45, 2.75) is 23.1 Å². The Morgan fingerprint density at radius 1 is 1.04 bits per heavy atom. The van der Waals surface area contributed by atoms with Gasteiger partial charge in [0.25, 0.3) is 0 Å². The highest BCUT2D eigenvalue weighted by atomic mass is 32.2. The number of carbonyl (C=O) groups is 2. The lowest BCUT2D eigenvalue weighted by atomic mass is 10.1. The summed E-state index contributed by atoms with van der Waals surface area (Å²) in [6.45, 7) is 1.13. The number of Topliss-reactive ketones (excluding diaryl/α,β-unsaturated/α-hetero) is 1. The molecule has 2 aromatic carbocycles. The van der Waals surface area contributed by atoms with Crippen LogP contribution in [0.4, 0.5) is 0 Å². The maximum absolute atomic E-state index is 12.7. The molecule has 0 bridgehead atoms. The number of hydrogen-bond donors (Lipinski definition) is 1. The first-order valence-corrected chi connectivity index (χ1v) is 11.0. The maximum atomic E-state index is 12.7. The van der Waals surface area contributed by atoms with Crippen molar-refractivity contribution in [3.63, 3.8) is 0 Å². The van der Waals surface area contributed by atoms with Crippen LogP contribution in [-0.4, -0.2) is 38.7 Å². The molecule has 0 atom stereocenters. The first-order chi connectivity index (χ1) is 13.2. The summed E-state index contributed by atoms with van der Waals surface area (Å²) in [4.78, 5) is 30.3. The lowest BCUT2D eigenvalue weighted by Gasteiger charge is -2.07. The fraction of sp³-hybridized carbons (Fsp3) is 0.211. The minimum absolute atomic E-state index is 0.0142. The van der Waals surface area contributed by atoms with Gasteiger partial charge < -0.3 is 4.84 Å². The number of rotatable bonds is 9. The standard InChI is InChI=1S/C19H20N2O5S2/c1-14(22)26-21-18(12-13-20-28(2,24)25)19(23)15-8-10-17(11-9-15)27-16-6-4-3-5-7-16/h3-11,20H,12-13H2,1-2H3/b21-18+. The maximum Gasteiger partial charge on any atom is 0.331 e. The van der Waals surface area contributed by atoms with E-state index in [1.54, 1.807) is 23.9 Å². The molecule has 28 heavy (non-hydrogen) atoms. The molecule has 148 valence electrons. The molecule has 0 aliphatic rings. The van der Waals surface area contributed by atoms with E-state index >= 15 is 0 Å². The number of ketones is 1. The van der Waals surface area contributed by atoms with Crippen molar-refractivity contribution in [2.75, 3.05) is 12.8 Å². The van der Waals surface area contributed by atoms with Crippen LogP contribution in [-0.2, 0) is 19.7 Å². The third-order valence-corrected chi connectivity index (χ3v) is 5.11. The molecule has 0 saturated carbocycles. The molecule has 0 spiro atoms. The monoisotopic (exact) mass is 420 g/mol. The number of sulfonamides is 1. The zero-order chi connectivity index (χ0) is 20.6. The fourth-order valence-electron chi connectivity index (χ4n) is 2.14. The summed E-state index contributed by atoms with van der Waals surface area (Å²) < 4.78 is 24.6. The summed E-state index contributed by atoms with van der Waals surface area (Å²) in [5, 5.41) is 3.59. The van der Waals surface area contributed by atoms with Crippen LogP contribution in [0, 0.1) is 0 Å². The van der Waals surface area contributed by atoms with Crippen molar-refractivity contribution >= 4 is 39.2 Å². The second-order valence-electron chi connectivity index (χ2n) is 5.81. The molecule has 0 aliphatic heterocycles. The number of hydrogen-bond acceptors (Lipinski definition) is 7. The molecule has 0 fully saturated rings. The van der Waals surface area contributed by atoms with E-state index in [0.29, 0.717) is 5.56 Å². The Labute approximate surface area is 168 Å². The van der Waals surface area contributed by atoms with Crippen molar-refractivity contribution in [3.05, 3.63) is 60.2 Å². The largest absolute Gasteiger partial charge is 0.331 e. The van der Waals surface area contributed by atoms with Crippen LogP contribution in [0.25, 0.3) is 0 Å². The number of nitrogens with zero attached hydrogens (tertiary/aromatic N) is 1. The van der Waals surface area contributed by atoms with Crippen LogP contribution >= 0.6 is 11.8 Å². The van der Waals surface area contributed by atoms with E-state index in [4.69, 9.17) is 0 Å². The van der Waals surface area contributed by atoms with Crippen molar-refractivity contribution < 1.29 is 22.8 Å². The van der Waals surface area contributed by atoms with Crippen LogP contribution in [0.15, 0.2) is 69.5 Å². The quantitative estimate of drug-likeness (QED) is 0.290. The van der Waals surface area contributed by atoms with Crippen LogP contribution in [0.3, 0.4) is 0 Å². The average Bonchev–Trinajstić information content (AvgIpc) is 2.64. The molecule has 9 heteroatoms. The second-order valence-corrected chi connectivity index (χ2v) is 8.79. The van der Waals surface area contributed by atoms with Crippen molar-refractivity contribution in [2.24, 2.45) is 5.16 Å². The molecular formula is C19H20N2O5S2. The first-order valence-electron chi connectivity index (χ1n) is 8.31. The summed E-state index contributed by atoms with van der Waals surface area (Å²) in [6.07, 6.45) is 1.00. The van der Waals surface area contributed by atoms with Gasteiger partial charge in [0.2, 0.25) is 15.8 Å². The summed E-state index contributed by atoms with van der Waals surface area (Å²) in [7, 11) is -3.40. The molecule has 0 amide bonds. The van der Waals surface area contributed by atoms with Gasteiger partial charge in [-0.15, -0.1) is 0 Å². The Bertz CT molecular complexity index is 956. The van der Waals surface area contributed by atoms with Gasteiger partial charge in [0, 0.05) is 35.2 Å². The Kier molecular flexibility index (Phi) is 7.91. The number of carbonyl (C=O) groups excluding carboxylic acids is 2. The highest BCUT2D eigenvalue weighted by Crippen LogP contribution is 2.27. The normalized spacial score (nSPS) is 11.9. The van der Waals surface area contributed by atoms with Gasteiger partial charge in [0.05, 0.1) is 6.26 Å². The highest BCUT2D eigenvalue weighted by Gasteiger charge is 2.16. The van der Waals surface area contributed by atoms with Gasteiger partial charge in [0.1, 0.15) is 5.71 Å². The minimum atomic E-state index is -3.40. The smallest absolute Gasteiger partial charge is 0.318 e.